The van der Waals surface area contributed by atoms with Crippen molar-refractivity contribution in [2.24, 2.45) is 5.41 Å². The molecule has 0 aromatic heterocycles. The number of amides is 1. The fraction of sp³-hybridized carbons (Fsp3) is 0.533. The van der Waals surface area contributed by atoms with E-state index in [1.165, 1.54) is 24.9 Å². The molecule has 18 heavy (non-hydrogen) atoms. The predicted octanol–water partition coefficient (Wildman–Crippen LogP) is 1.74. The van der Waals surface area contributed by atoms with Crippen molar-refractivity contribution in [1.29, 1.82) is 0 Å². The Morgan fingerprint density at radius 2 is 2.06 bits per heavy atom. The van der Waals surface area contributed by atoms with Crippen molar-refractivity contribution in [2.45, 2.75) is 25.4 Å². The Labute approximate surface area is 107 Å². The molecule has 0 radical (unpaired) electrons. The van der Waals surface area contributed by atoms with Gasteiger partial charge < -0.3 is 4.90 Å². The molecule has 2 bridgehead atoms. The monoisotopic (exact) mass is 242 g/mol. The summed E-state index contributed by atoms with van der Waals surface area (Å²) in [4.78, 5) is 17.1. The van der Waals surface area contributed by atoms with Crippen LogP contribution in [0.5, 0.6) is 0 Å². The SMILES string of the molecule is CN1C(=O)c2ccccc2CN2C[C@@H]1C1(CC1)C2. The average molecular weight is 242 g/mol. The Bertz CT molecular complexity index is 521. The van der Waals surface area contributed by atoms with E-state index in [9.17, 15) is 4.79 Å². The highest BCUT2D eigenvalue weighted by molar-refractivity contribution is 5.96. The third-order valence-electron chi connectivity index (χ3n) is 5.00. The van der Waals surface area contributed by atoms with E-state index in [1.54, 1.807) is 0 Å². The molecule has 1 unspecified atom stereocenters. The number of carbonyl (C=O) groups excluding carboxylic acids is 1. The van der Waals surface area contributed by atoms with Crippen LogP contribution >= 0.6 is 0 Å². The molecule has 2 fully saturated rings. The Hall–Kier alpha value is -1.35. The third kappa shape index (κ3) is 1.31. The largest absolute Gasteiger partial charge is 0.337 e. The first-order valence-electron chi connectivity index (χ1n) is 6.77. The maximum atomic E-state index is 12.6. The first-order chi connectivity index (χ1) is 8.70. The first-order valence-corrected chi connectivity index (χ1v) is 6.77. The van der Waals surface area contributed by atoms with E-state index in [4.69, 9.17) is 0 Å². The molecule has 2 atom stereocenters. The second kappa shape index (κ2) is 3.35. The smallest absolute Gasteiger partial charge is 0.254 e. The molecule has 1 spiro atoms. The van der Waals surface area contributed by atoms with Gasteiger partial charge in [0.05, 0.1) is 6.04 Å². The molecule has 3 nitrogen and oxygen atoms in total. The quantitative estimate of drug-likeness (QED) is 0.692. The number of benzene rings is 1. The molecule has 1 saturated carbocycles. The van der Waals surface area contributed by atoms with Crippen LogP contribution in [0.4, 0.5) is 0 Å². The Morgan fingerprint density at radius 1 is 1.28 bits per heavy atom. The maximum absolute atomic E-state index is 12.6. The van der Waals surface area contributed by atoms with Crippen molar-refractivity contribution < 1.29 is 4.79 Å². The molecule has 2 heterocycles. The Kier molecular flexibility index (Phi) is 1.97. The van der Waals surface area contributed by atoms with Gasteiger partial charge in [-0.1, -0.05) is 18.2 Å². The van der Waals surface area contributed by atoms with E-state index in [2.05, 4.69) is 11.0 Å². The number of likely N-dealkylation sites (N-methyl/N-ethyl adjacent to an activating group) is 1. The van der Waals surface area contributed by atoms with Crippen LogP contribution in [0.15, 0.2) is 24.3 Å². The van der Waals surface area contributed by atoms with Gasteiger partial charge in [-0.2, -0.15) is 0 Å². The standard InChI is InChI=1S/C15H18N2O/c1-16-13-9-17(10-15(13)6-7-15)8-11-4-2-3-5-12(11)14(16)18/h2-5,13H,6-10H2,1H3/t13-/m1/s1. The zero-order valence-electron chi connectivity index (χ0n) is 10.7. The Balaban J connectivity index is 1.81. The van der Waals surface area contributed by atoms with Crippen LogP contribution in [0.3, 0.4) is 0 Å². The summed E-state index contributed by atoms with van der Waals surface area (Å²) in [7, 11) is 1.98. The summed E-state index contributed by atoms with van der Waals surface area (Å²) >= 11 is 0. The van der Waals surface area contributed by atoms with Gasteiger partial charge in [-0.3, -0.25) is 9.69 Å². The van der Waals surface area contributed by atoms with E-state index in [1.807, 2.05) is 30.1 Å². The van der Waals surface area contributed by atoms with E-state index in [0.717, 1.165) is 18.7 Å². The summed E-state index contributed by atoms with van der Waals surface area (Å²) < 4.78 is 0. The summed E-state index contributed by atoms with van der Waals surface area (Å²) in [6.45, 7) is 3.16. The van der Waals surface area contributed by atoms with Crippen LogP contribution in [0.1, 0.15) is 28.8 Å². The summed E-state index contributed by atoms with van der Waals surface area (Å²) in [5.41, 5.74) is 2.50. The fourth-order valence-corrected chi connectivity index (χ4v) is 3.80. The van der Waals surface area contributed by atoms with Gasteiger partial charge in [-0.25, -0.2) is 0 Å². The van der Waals surface area contributed by atoms with Gasteiger partial charge >= 0.3 is 0 Å². The number of carbonyl (C=O) groups is 1. The van der Waals surface area contributed by atoms with Gasteiger partial charge in [0.15, 0.2) is 0 Å². The molecule has 2 aliphatic heterocycles. The Morgan fingerprint density at radius 3 is 2.83 bits per heavy atom. The predicted molar refractivity (Wildman–Crippen MR) is 69.3 cm³/mol. The highest BCUT2D eigenvalue weighted by Crippen LogP contribution is 2.55. The average Bonchev–Trinajstić information content (AvgIpc) is 3.03. The second-order valence-corrected chi connectivity index (χ2v) is 6.12. The molecular weight excluding hydrogens is 224 g/mol. The van der Waals surface area contributed by atoms with Gasteiger partial charge in [-0.05, 0) is 24.5 Å². The minimum Gasteiger partial charge on any atom is -0.337 e. The summed E-state index contributed by atoms with van der Waals surface area (Å²) in [5.74, 6) is 0.212. The lowest BCUT2D eigenvalue weighted by molar-refractivity contribution is 0.0685. The van der Waals surface area contributed by atoms with Crippen molar-refractivity contribution in [1.82, 2.24) is 9.80 Å². The number of hydrogen-bond acceptors (Lipinski definition) is 2. The molecule has 1 saturated heterocycles. The van der Waals surface area contributed by atoms with Crippen molar-refractivity contribution in [2.75, 3.05) is 20.1 Å². The zero-order chi connectivity index (χ0) is 12.3. The summed E-state index contributed by atoms with van der Waals surface area (Å²) in [6, 6.07) is 8.50. The van der Waals surface area contributed by atoms with Crippen molar-refractivity contribution in [3.05, 3.63) is 35.4 Å². The maximum Gasteiger partial charge on any atom is 0.254 e. The lowest BCUT2D eigenvalue weighted by Gasteiger charge is -2.31. The molecule has 94 valence electrons. The number of fused-ring (bicyclic) bond motifs is 4. The molecule has 1 aromatic carbocycles. The van der Waals surface area contributed by atoms with E-state index in [-0.39, 0.29) is 5.91 Å². The van der Waals surface area contributed by atoms with Crippen molar-refractivity contribution >= 4 is 5.91 Å². The van der Waals surface area contributed by atoms with Gasteiger partial charge in [-0.15, -0.1) is 0 Å². The molecule has 1 aliphatic carbocycles. The van der Waals surface area contributed by atoms with Crippen LogP contribution in [0.25, 0.3) is 0 Å². The van der Waals surface area contributed by atoms with Gasteiger partial charge in [0.25, 0.3) is 5.91 Å². The van der Waals surface area contributed by atoms with E-state index >= 15 is 0 Å². The molecular formula is C15H18N2O. The van der Waals surface area contributed by atoms with Gasteiger partial charge in [0, 0.05) is 37.7 Å². The lowest BCUT2D eigenvalue weighted by atomic mass is 9.98. The summed E-state index contributed by atoms with van der Waals surface area (Å²) in [5, 5.41) is 0. The molecule has 3 aliphatic rings. The highest BCUT2D eigenvalue weighted by Gasteiger charge is 2.57. The van der Waals surface area contributed by atoms with E-state index in [0.29, 0.717) is 11.5 Å². The van der Waals surface area contributed by atoms with Gasteiger partial charge in [0.2, 0.25) is 0 Å². The highest BCUT2D eigenvalue weighted by atomic mass is 16.2. The van der Waals surface area contributed by atoms with Crippen molar-refractivity contribution in [3.63, 3.8) is 0 Å². The zero-order valence-corrected chi connectivity index (χ0v) is 10.7. The van der Waals surface area contributed by atoms with Crippen LogP contribution in [0.2, 0.25) is 0 Å². The van der Waals surface area contributed by atoms with Crippen LogP contribution in [0, 0.1) is 5.41 Å². The second-order valence-electron chi connectivity index (χ2n) is 6.12. The van der Waals surface area contributed by atoms with Crippen molar-refractivity contribution in [3.8, 4) is 0 Å². The number of hydrogen-bond donors (Lipinski definition) is 0. The molecule has 0 N–H and O–H groups in total. The topological polar surface area (TPSA) is 23.6 Å². The number of rotatable bonds is 0. The first kappa shape index (κ1) is 10.6. The molecule has 3 heteroatoms. The minimum atomic E-state index is 0.212. The lowest BCUT2D eigenvalue weighted by Crippen LogP contribution is -2.44. The molecule has 4 rings (SSSR count). The molecule has 1 aromatic rings. The van der Waals surface area contributed by atoms with E-state index < -0.39 is 0 Å². The van der Waals surface area contributed by atoms with Crippen LogP contribution in [-0.4, -0.2) is 41.9 Å². The van der Waals surface area contributed by atoms with Crippen LogP contribution < -0.4 is 0 Å². The van der Waals surface area contributed by atoms with Crippen LogP contribution in [-0.2, 0) is 6.54 Å². The number of nitrogens with zero attached hydrogens (tertiary/aromatic N) is 2. The summed E-state index contributed by atoms with van der Waals surface area (Å²) in [6.07, 6.45) is 2.59. The minimum absolute atomic E-state index is 0.212. The van der Waals surface area contributed by atoms with Gasteiger partial charge in [0.1, 0.15) is 0 Å². The normalized spacial score (nSPS) is 32.1. The fourth-order valence-electron chi connectivity index (χ4n) is 3.80. The molecule has 1 amide bonds. The third-order valence-corrected chi connectivity index (χ3v) is 5.00.